The van der Waals surface area contributed by atoms with E-state index in [2.05, 4.69) is 4.98 Å². The minimum atomic E-state index is -3.88. The molecule has 3 aromatic rings. The fraction of sp³-hybridized carbons (Fsp3) is 0.286. The number of hydrogen-bond donors (Lipinski definition) is 1. The number of rotatable bonds is 10. The van der Waals surface area contributed by atoms with Crippen molar-refractivity contribution in [3.05, 3.63) is 88.8 Å². The molecular formula is C28H32N2O5S. The van der Waals surface area contributed by atoms with Gasteiger partial charge in [0.1, 0.15) is 17.3 Å². The number of sulfonamides is 1. The van der Waals surface area contributed by atoms with Gasteiger partial charge >= 0.3 is 5.97 Å². The summed E-state index contributed by atoms with van der Waals surface area (Å²) in [5, 5.41) is 8.85. The van der Waals surface area contributed by atoms with E-state index in [0.717, 1.165) is 33.9 Å². The zero-order chi connectivity index (χ0) is 26.5. The van der Waals surface area contributed by atoms with Gasteiger partial charge in [0.2, 0.25) is 0 Å². The lowest BCUT2D eigenvalue weighted by Crippen LogP contribution is -2.34. The summed E-state index contributed by atoms with van der Waals surface area (Å²) in [5.41, 5.74) is 5.05. The van der Waals surface area contributed by atoms with Gasteiger partial charge in [-0.1, -0.05) is 32.0 Å². The van der Waals surface area contributed by atoms with E-state index < -0.39 is 16.0 Å². The molecule has 7 nitrogen and oxygen atoms in total. The molecule has 190 valence electrons. The molecule has 1 aromatic heterocycles. The number of aryl methyl sites for hydroxylation is 3. The molecule has 36 heavy (non-hydrogen) atoms. The van der Waals surface area contributed by atoms with Crippen LogP contribution < -0.4 is 9.04 Å². The van der Waals surface area contributed by atoms with E-state index in [-0.39, 0.29) is 24.0 Å². The topological polar surface area (TPSA) is 96.8 Å². The monoisotopic (exact) mass is 508 g/mol. The zero-order valence-electron chi connectivity index (χ0n) is 21.2. The Morgan fingerprint density at radius 3 is 2.42 bits per heavy atom. The molecular weight excluding hydrogens is 476 g/mol. The average molecular weight is 509 g/mol. The maximum Gasteiger partial charge on any atom is 0.328 e. The number of benzene rings is 2. The third kappa shape index (κ3) is 6.51. The summed E-state index contributed by atoms with van der Waals surface area (Å²) in [6, 6.07) is 12.5. The smallest absolute Gasteiger partial charge is 0.328 e. The van der Waals surface area contributed by atoms with Gasteiger partial charge < -0.3 is 9.84 Å². The van der Waals surface area contributed by atoms with Crippen LogP contribution in [0, 0.1) is 26.7 Å². The van der Waals surface area contributed by atoms with Crippen LogP contribution in [0.1, 0.15) is 41.7 Å². The Hall–Kier alpha value is -3.65. The van der Waals surface area contributed by atoms with Gasteiger partial charge in [0, 0.05) is 25.0 Å². The number of pyridine rings is 1. The van der Waals surface area contributed by atoms with Crippen molar-refractivity contribution in [3.8, 4) is 5.75 Å². The van der Waals surface area contributed by atoms with E-state index in [1.54, 1.807) is 18.3 Å². The number of nitrogens with zero attached hydrogens (tertiary/aromatic N) is 2. The van der Waals surface area contributed by atoms with E-state index in [1.807, 2.05) is 65.0 Å². The van der Waals surface area contributed by atoms with E-state index in [0.29, 0.717) is 11.4 Å². The highest BCUT2D eigenvalue weighted by molar-refractivity contribution is 7.92. The largest absolute Gasteiger partial charge is 0.487 e. The van der Waals surface area contributed by atoms with E-state index >= 15 is 0 Å². The van der Waals surface area contributed by atoms with Crippen molar-refractivity contribution in [2.45, 2.75) is 46.1 Å². The number of carboxylic acid groups (broad SMARTS) is 1. The molecule has 0 bridgehead atoms. The molecule has 0 atom stereocenters. The number of carboxylic acids is 1. The summed E-state index contributed by atoms with van der Waals surface area (Å²) in [6.07, 6.45) is 5.53. The average Bonchev–Trinajstić information content (AvgIpc) is 2.83. The normalized spacial score (nSPS) is 11.7. The highest BCUT2D eigenvalue weighted by Crippen LogP contribution is 2.36. The van der Waals surface area contributed by atoms with Crippen LogP contribution in [0.25, 0.3) is 6.08 Å². The van der Waals surface area contributed by atoms with Gasteiger partial charge in [0.15, 0.2) is 0 Å². The molecule has 3 rings (SSSR count). The maximum absolute atomic E-state index is 13.7. The Balaban J connectivity index is 2.00. The first-order chi connectivity index (χ1) is 17.0. The molecule has 0 radical (unpaired) electrons. The fourth-order valence-corrected chi connectivity index (χ4v) is 5.27. The molecule has 2 aromatic carbocycles. The summed E-state index contributed by atoms with van der Waals surface area (Å²) < 4.78 is 35.0. The summed E-state index contributed by atoms with van der Waals surface area (Å²) in [4.78, 5) is 14.9. The summed E-state index contributed by atoms with van der Waals surface area (Å²) in [5.74, 6) is -0.463. The number of aromatic nitrogens is 1. The third-order valence-electron chi connectivity index (χ3n) is 5.77. The molecule has 0 saturated heterocycles. The van der Waals surface area contributed by atoms with E-state index in [1.165, 1.54) is 16.6 Å². The molecule has 0 unspecified atom stereocenters. The van der Waals surface area contributed by atoms with Crippen molar-refractivity contribution in [2.24, 2.45) is 5.92 Å². The molecule has 1 heterocycles. The lowest BCUT2D eigenvalue weighted by atomic mass is 10.0. The number of aliphatic carboxylic acids is 1. The van der Waals surface area contributed by atoms with Crippen LogP contribution in [-0.4, -0.2) is 31.0 Å². The molecule has 8 heteroatoms. The van der Waals surface area contributed by atoms with Crippen LogP contribution in [0.4, 0.5) is 5.69 Å². The van der Waals surface area contributed by atoms with Crippen molar-refractivity contribution in [3.63, 3.8) is 0 Å². The quantitative estimate of drug-likeness (QED) is 0.362. The lowest BCUT2D eigenvalue weighted by molar-refractivity contribution is -0.131. The molecule has 0 aliphatic carbocycles. The second-order valence-electron chi connectivity index (χ2n) is 9.17. The lowest BCUT2D eigenvalue weighted by Gasteiger charge is -2.28. The van der Waals surface area contributed by atoms with Crippen LogP contribution in [0.5, 0.6) is 5.75 Å². The van der Waals surface area contributed by atoms with Crippen LogP contribution in [0.15, 0.2) is 65.8 Å². The van der Waals surface area contributed by atoms with Crippen LogP contribution >= 0.6 is 0 Å². The molecule has 0 spiro atoms. The predicted octanol–water partition coefficient (Wildman–Crippen LogP) is 5.53. The minimum Gasteiger partial charge on any atom is -0.487 e. The van der Waals surface area contributed by atoms with Gasteiger partial charge in [-0.2, -0.15) is 0 Å². The van der Waals surface area contributed by atoms with Crippen LogP contribution in [0.3, 0.4) is 0 Å². The van der Waals surface area contributed by atoms with Crippen LogP contribution in [-0.2, 0) is 21.4 Å². The van der Waals surface area contributed by atoms with Gasteiger partial charge in [0.25, 0.3) is 10.0 Å². The molecule has 0 aliphatic heterocycles. The van der Waals surface area contributed by atoms with Crippen molar-refractivity contribution >= 4 is 27.8 Å². The predicted molar refractivity (Wildman–Crippen MR) is 142 cm³/mol. The molecule has 1 N–H and O–H groups in total. The molecule has 0 aliphatic rings. The first-order valence-corrected chi connectivity index (χ1v) is 13.1. The highest BCUT2D eigenvalue weighted by Gasteiger charge is 2.29. The van der Waals surface area contributed by atoms with Crippen molar-refractivity contribution in [1.29, 1.82) is 0 Å². The number of hydrogen-bond acceptors (Lipinski definition) is 5. The summed E-state index contributed by atoms with van der Waals surface area (Å²) >= 11 is 0. The van der Waals surface area contributed by atoms with Gasteiger partial charge in [-0.3, -0.25) is 9.29 Å². The fourth-order valence-electron chi connectivity index (χ4n) is 3.68. The zero-order valence-corrected chi connectivity index (χ0v) is 22.0. The standard InChI is InChI=1S/C28H32N2O5S/c1-19(2)17-30(36(33,34)25-7-6-12-29-16-25)26-14-20(3)21(4)15-27(26)35-18-24-10-8-23(13-22(24)5)9-11-28(31)32/h6-16,19H,17-18H2,1-5H3,(H,31,32). The highest BCUT2D eigenvalue weighted by atomic mass is 32.2. The number of carbonyl (C=O) groups is 1. The van der Waals surface area contributed by atoms with Gasteiger partial charge in [-0.05, 0) is 84.8 Å². The Kier molecular flexibility index (Phi) is 8.53. The number of ether oxygens (including phenoxy) is 1. The van der Waals surface area contributed by atoms with Gasteiger partial charge in [-0.25, -0.2) is 13.2 Å². The minimum absolute atomic E-state index is 0.0690. The van der Waals surface area contributed by atoms with E-state index in [9.17, 15) is 13.2 Å². The molecule has 0 fully saturated rings. The Labute approximate surface area is 213 Å². The SMILES string of the molecule is Cc1cc(OCc2ccc(C=CC(=O)O)cc2C)c(N(CC(C)C)S(=O)(=O)c2cccnc2)cc1C. The van der Waals surface area contributed by atoms with E-state index in [4.69, 9.17) is 9.84 Å². The van der Waals surface area contributed by atoms with Gasteiger partial charge in [0.05, 0.1) is 5.69 Å². The van der Waals surface area contributed by atoms with Crippen molar-refractivity contribution in [2.75, 3.05) is 10.8 Å². The Morgan fingerprint density at radius 1 is 1.08 bits per heavy atom. The Bertz CT molecular complexity index is 1370. The number of anilines is 1. The van der Waals surface area contributed by atoms with Gasteiger partial charge in [-0.15, -0.1) is 0 Å². The summed E-state index contributed by atoms with van der Waals surface area (Å²) in [7, 11) is -3.88. The second kappa shape index (κ2) is 11.4. The molecule has 0 amide bonds. The maximum atomic E-state index is 13.7. The summed E-state index contributed by atoms with van der Waals surface area (Å²) in [6.45, 7) is 10.3. The Morgan fingerprint density at radius 2 is 1.81 bits per heavy atom. The molecule has 0 saturated carbocycles. The first-order valence-electron chi connectivity index (χ1n) is 11.7. The van der Waals surface area contributed by atoms with Crippen LogP contribution in [0.2, 0.25) is 0 Å². The van der Waals surface area contributed by atoms with Crippen molar-refractivity contribution < 1.29 is 23.1 Å². The first kappa shape index (κ1) is 26.9. The third-order valence-corrected chi connectivity index (χ3v) is 7.53. The van der Waals surface area contributed by atoms with Crippen molar-refractivity contribution in [1.82, 2.24) is 4.98 Å². The second-order valence-corrected chi connectivity index (χ2v) is 11.0.